The molecular weight excluding hydrogens is 332 g/mol. The summed E-state index contributed by atoms with van der Waals surface area (Å²) >= 11 is 0. The second-order valence-electron chi connectivity index (χ2n) is 6.41. The van der Waals surface area contributed by atoms with Crippen molar-refractivity contribution in [1.82, 2.24) is 4.90 Å². The Morgan fingerprint density at radius 1 is 1.04 bits per heavy atom. The highest BCUT2D eigenvalue weighted by atomic mass is 16.7. The number of aryl methyl sites for hydroxylation is 2. The second kappa shape index (κ2) is 7.47. The van der Waals surface area contributed by atoms with Crippen molar-refractivity contribution < 1.29 is 19.1 Å². The van der Waals surface area contributed by atoms with Crippen molar-refractivity contribution in [3.8, 4) is 11.5 Å². The Labute approximate surface area is 152 Å². The molecule has 3 rings (SSSR count). The molecular formula is C20H22N2O4. The number of benzene rings is 2. The van der Waals surface area contributed by atoms with Crippen LogP contribution in [0.15, 0.2) is 36.4 Å². The summed E-state index contributed by atoms with van der Waals surface area (Å²) in [6.07, 6.45) is 0. The molecule has 1 aliphatic rings. The Hall–Kier alpha value is -3.02. The monoisotopic (exact) mass is 354 g/mol. The maximum Gasteiger partial charge on any atom is 0.244 e. The van der Waals surface area contributed by atoms with Crippen LogP contribution in [0, 0.1) is 13.8 Å². The molecule has 0 aliphatic carbocycles. The van der Waals surface area contributed by atoms with Crippen LogP contribution in [-0.4, -0.2) is 30.1 Å². The molecule has 6 heteroatoms. The molecule has 6 nitrogen and oxygen atoms in total. The van der Waals surface area contributed by atoms with E-state index in [0.29, 0.717) is 18.0 Å². The molecule has 2 aromatic carbocycles. The number of carbonyl (C=O) groups excluding carboxylic acids is 2. The van der Waals surface area contributed by atoms with Gasteiger partial charge in [0.1, 0.15) is 6.54 Å². The van der Waals surface area contributed by atoms with Crippen molar-refractivity contribution >= 4 is 17.5 Å². The van der Waals surface area contributed by atoms with Crippen molar-refractivity contribution in [2.24, 2.45) is 0 Å². The van der Waals surface area contributed by atoms with E-state index in [0.717, 1.165) is 22.4 Å². The standard InChI is InChI=1S/C20H22N2O4/c1-13-4-6-17(8-14(13)2)21-20(24)11-22(15(3)23)10-16-5-7-18-19(9-16)26-12-25-18/h4-9H,10-12H2,1-3H3,(H,21,24). The average Bonchev–Trinajstić information content (AvgIpc) is 3.05. The molecule has 2 aromatic rings. The zero-order valence-electron chi connectivity index (χ0n) is 15.2. The second-order valence-corrected chi connectivity index (χ2v) is 6.41. The zero-order valence-corrected chi connectivity index (χ0v) is 15.2. The first kappa shape index (κ1) is 17.8. The summed E-state index contributed by atoms with van der Waals surface area (Å²) in [7, 11) is 0. The number of fused-ring (bicyclic) bond motifs is 1. The van der Waals surface area contributed by atoms with Crippen molar-refractivity contribution in [2.75, 3.05) is 18.7 Å². The van der Waals surface area contributed by atoms with Crippen molar-refractivity contribution in [3.05, 3.63) is 53.1 Å². The number of amides is 2. The Morgan fingerprint density at radius 3 is 2.54 bits per heavy atom. The zero-order chi connectivity index (χ0) is 18.7. The van der Waals surface area contributed by atoms with Gasteiger partial charge in [0.05, 0.1) is 0 Å². The molecule has 0 fully saturated rings. The third-order valence-electron chi connectivity index (χ3n) is 4.38. The Morgan fingerprint density at radius 2 is 1.81 bits per heavy atom. The SMILES string of the molecule is CC(=O)N(CC(=O)Nc1ccc(C)c(C)c1)Cc1ccc2c(c1)OCO2. The first-order valence-electron chi connectivity index (χ1n) is 8.43. The fraction of sp³-hybridized carbons (Fsp3) is 0.300. The fourth-order valence-electron chi connectivity index (χ4n) is 2.73. The van der Waals surface area contributed by atoms with Crippen molar-refractivity contribution in [3.63, 3.8) is 0 Å². The quantitative estimate of drug-likeness (QED) is 0.896. The van der Waals surface area contributed by atoms with Crippen LogP contribution < -0.4 is 14.8 Å². The minimum atomic E-state index is -0.232. The van der Waals surface area contributed by atoms with E-state index in [4.69, 9.17) is 9.47 Å². The van der Waals surface area contributed by atoms with Gasteiger partial charge in [0, 0.05) is 19.2 Å². The number of rotatable bonds is 5. The molecule has 26 heavy (non-hydrogen) atoms. The fourth-order valence-corrected chi connectivity index (χ4v) is 2.73. The number of anilines is 1. The van der Waals surface area contributed by atoms with Gasteiger partial charge in [0.2, 0.25) is 18.6 Å². The van der Waals surface area contributed by atoms with Crippen LogP contribution in [0.25, 0.3) is 0 Å². The lowest BCUT2D eigenvalue weighted by molar-refractivity contribution is -0.133. The predicted molar refractivity (Wildman–Crippen MR) is 98.2 cm³/mol. The van der Waals surface area contributed by atoms with E-state index in [9.17, 15) is 9.59 Å². The maximum absolute atomic E-state index is 12.4. The summed E-state index contributed by atoms with van der Waals surface area (Å²) in [5.74, 6) is 0.947. The molecule has 0 bridgehead atoms. The van der Waals surface area contributed by atoms with Crippen molar-refractivity contribution in [2.45, 2.75) is 27.3 Å². The third kappa shape index (κ3) is 4.14. The van der Waals surface area contributed by atoms with Gasteiger partial charge in [-0.2, -0.15) is 0 Å². The van der Waals surface area contributed by atoms with Crippen LogP contribution in [0.1, 0.15) is 23.6 Å². The van der Waals surface area contributed by atoms with Gasteiger partial charge < -0.3 is 19.7 Å². The minimum Gasteiger partial charge on any atom is -0.454 e. The maximum atomic E-state index is 12.4. The summed E-state index contributed by atoms with van der Waals surface area (Å²) in [4.78, 5) is 25.8. The highest BCUT2D eigenvalue weighted by Gasteiger charge is 2.18. The molecule has 1 heterocycles. The van der Waals surface area contributed by atoms with Gasteiger partial charge in [-0.25, -0.2) is 0 Å². The van der Waals surface area contributed by atoms with Gasteiger partial charge in [-0.05, 0) is 54.8 Å². The first-order valence-corrected chi connectivity index (χ1v) is 8.43. The van der Waals surface area contributed by atoms with E-state index in [1.807, 2.05) is 50.2 Å². The number of ether oxygens (including phenoxy) is 2. The van der Waals surface area contributed by atoms with E-state index >= 15 is 0 Å². The van der Waals surface area contributed by atoms with Crippen LogP contribution in [0.3, 0.4) is 0 Å². The van der Waals surface area contributed by atoms with E-state index in [1.54, 1.807) is 0 Å². The minimum absolute atomic E-state index is 0.0172. The highest BCUT2D eigenvalue weighted by Crippen LogP contribution is 2.32. The summed E-state index contributed by atoms with van der Waals surface area (Å²) in [5.41, 5.74) is 3.87. The lowest BCUT2D eigenvalue weighted by Crippen LogP contribution is -2.36. The topological polar surface area (TPSA) is 67.9 Å². The third-order valence-corrected chi connectivity index (χ3v) is 4.38. The molecule has 136 valence electrons. The smallest absolute Gasteiger partial charge is 0.244 e. The highest BCUT2D eigenvalue weighted by molar-refractivity contribution is 5.94. The lowest BCUT2D eigenvalue weighted by Gasteiger charge is -2.21. The van der Waals surface area contributed by atoms with Crippen LogP contribution in [0.2, 0.25) is 0 Å². The first-order chi connectivity index (χ1) is 12.4. The molecule has 0 atom stereocenters. The lowest BCUT2D eigenvalue weighted by atomic mass is 10.1. The largest absolute Gasteiger partial charge is 0.454 e. The molecule has 0 aromatic heterocycles. The molecule has 0 radical (unpaired) electrons. The molecule has 1 aliphatic heterocycles. The van der Waals surface area contributed by atoms with E-state index in [-0.39, 0.29) is 25.2 Å². The molecule has 0 spiro atoms. The van der Waals surface area contributed by atoms with Gasteiger partial charge in [-0.3, -0.25) is 9.59 Å². The molecule has 1 N–H and O–H groups in total. The Bertz CT molecular complexity index is 848. The van der Waals surface area contributed by atoms with Crippen LogP contribution in [0.5, 0.6) is 11.5 Å². The van der Waals surface area contributed by atoms with Gasteiger partial charge in [-0.15, -0.1) is 0 Å². The van der Waals surface area contributed by atoms with Gasteiger partial charge in [0.15, 0.2) is 11.5 Å². The van der Waals surface area contributed by atoms with Crippen LogP contribution in [-0.2, 0) is 16.1 Å². The molecule has 2 amide bonds. The number of carbonyl (C=O) groups is 2. The Kier molecular flexibility index (Phi) is 5.11. The van der Waals surface area contributed by atoms with E-state index in [1.165, 1.54) is 11.8 Å². The average molecular weight is 354 g/mol. The predicted octanol–water partition coefficient (Wildman–Crippen LogP) is 3.02. The number of hydrogen-bond donors (Lipinski definition) is 1. The molecule has 0 saturated carbocycles. The van der Waals surface area contributed by atoms with E-state index in [2.05, 4.69) is 5.32 Å². The van der Waals surface area contributed by atoms with Gasteiger partial charge >= 0.3 is 0 Å². The normalized spacial score (nSPS) is 12.0. The number of hydrogen-bond acceptors (Lipinski definition) is 4. The van der Waals surface area contributed by atoms with Gasteiger partial charge in [-0.1, -0.05) is 12.1 Å². The molecule has 0 unspecified atom stereocenters. The summed E-state index contributed by atoms with van der Waals surface area (Å²) in [6, 6.07) is 11.2. The van der Waals surface area contributed by atoms with Crippen LogP contribution in [0.4, 0.5) is 5.69 Å². The summed E-state index contributed by atoms with van der Waals surface area (Å²) in [5, 5.41) is 2.85. The van der Waals surface area contributed by atoms with Crippen molar-refractivity contribution in [1.29, 1.82) is 0 Å². The number of nitrogens with one attached hydrogen (secondary N) is 1. The van der Waals surface area contributed by atoms with Gasteiger partial charge in [0.25, 0.3) is 0 Å². The van der Waals surface area contributed by atoms with E-state index < -0.39 is 0 Å². The van der Waals surface area contributed by atoms with Crippen LogP contribution >= 0.6 is 0 Å². The number of nitrogens with zero attached hydrogens (tertiary/aromatic N) is 1. The molecule has 0 saturated heterocycles. The summed E-state index contributed by atoms with van der Waals surface area (Å²) < 4.78 is 10.6. The summed E-state index contributed by atoms with van der Waals surface area (Å²) in [6.45, 7) is 5.98. The Balaban J connectivity index is 1.65.